The first-order chi connectivity index (χ1) is 13.1. The van der Waals surface area contributed by atoms with Crippen molar-refractivity contribution in [1.82, 2.24) is 5.32 Å². The minimum absolute atomic E-state index is 0.0880. The van der Waals surface area contributed by atoms with Gasteiger partial charge in [-0.2, -0.15) is 0 Å². The number of benzene rings is 2. The monoisotopic (exact) mass is 366 g/mol. The predicted molar refractivity (Wildman–Crippen MR) is 106 cm³/mol. The van der Waals surface area contributed by atoms with Gasteiger partial charge in [0.15, 0.2) is 0 Å². The SMILES string of the molecule is Cc1cccc(CCC(=O)Nc2ccccc2C(=O)NCC2CCCO2)c1. The van der Waals surface area contributed by atoms with Crippen molar-refractivity contribution in [2.24, 2.45) is 0 Å². The van der Waals surface area contributed by atoms with E-state index in [1.807, 2.05) is 31.2 Å². The van der Waals surface area contributed by atoms with Gasteiger partial charge in [0.05, 0.1) is 17.4 Å². The van der Waals surface area contributed by atoms with Crippen LogP contribution in [0.25, 0.3) is 0 Å². The van der Waals surface area contributed by atoms with E-state index in [0.29, 0.717) is 30.6 Å². The molecule has 0 bridgehead atoms. The summed E-state index contributed by atoms with van der Waals surface area (Å²) in [5.74, 6) is -0.295. The lowest BCUT2D eigenvalue weighted by Crippen LogP contribution is -2.32. The molecule has 2 N–H and O–H groups in total. The second kappa shape index (κ2) is 9.33. The van der Waals surface area contributed by atoms with E-state index in [1.54, 1.807) is 18.2 Å². The summed E-state index contributed by atoms with van der Waals surface area (Å²) >= 11 is 0. The first-order valence-electron chi connectivity index (χ1n) is 9.46. The third-order valence-electron chi connectivity index (χ3n) is 4.68. The van der Waals surface area contributed by atoms with E-state index in [4.69, 9.17) is 4.74 Å². The van der Waals surface area contributed by atoms with Crippen LogP contribution in [0.1, 0.15) is 40.7 Å². The summed E-state index contributed by atoms with van der Waals surface area (Å²) in [6.45, 7) is 3.29. The smallest absolute Gasteiger partial charge is 0.253 e. The Morgan fingerprint density at radius 1 is 1.15 bits per heavy atom. The molecule has 2 aromatic carbocycles. The van der Waals surface area contributed by atoms with Crippen LogP contribution in [0.4, 0.5) is 5.69 Å². The molecular formula is C22H26N2O3. The van der Waals surface area contributed by atoms with E-state index in [9.17, 15) is 9.59 Å². The Balaban J connectivity index is 1.56. The van der Waals surface area contributed by atoms with Crippen molar-refractivity contribution in [3.05, 3.63) is 65.2 Å². The number of carbonyl (C=O) groups is 2. The lowest BCUT2D eigenvalue weighted by molar-refractivity contribution is -0.116. The molecule has 2 amide bonds. The second-order valence-corrected chi connectivity index (χ2v) is 6.93. The van der Waals surface area contributed by atoms with Crippen LogP contribution in [-0.2, 0) is 16.0 Å². The van der Waals surface area contributed by atoms with Gasteiger partial charge in [0.1, 0.15) is 0 Å². The van der Waals surface area contributed by atoms with Crippen LogP contribution in [0.3, 0.4) is 0 Å². The van der Waals surface area contributed by atoms with E-state index >= 15 is 0 Å². The summed E-state index contributed by atoms with van der Waals surface area (Å²) in [6, 6.07) is 15.2. The zero-order chi connectivity index (χ0) is 19.1. The molecule has 0 radical (unpaired) electrons. The highest BCUT2D eigenvalue weighted by atomic mass is 16.5. The summed E-state index contributed by atoms with van der Waals surface area (Å²) in [4.78, 5) is 24.9. The minimum Gasteiger partial charge on any atom is -0.376 e. The predicted octanol–water partition coefficient (Wildman–Crippen LogP) is 3.48. The van der Waals surface area contributed by atoms with Gasteiger partial charge < -0.3 is 15.4 Å². The standard InChI is InChI=1S/C22H26N2O3/c1-16-6-4-7-17(14-16)11-12-21(25)24-20-10-3-2-9-19(20)22(26)23-15-18-8-5-13-27-18/h2-4,6-7,9-10,14,18H,5,8,11-13,15H2,1H3,(H,23,26)(H,24,25). The molecule has 0 spiro atoms. The van der Waals surface area contributed by atoms with Crippen LogP contribution < -0.4 is 10.6 Å². The number of carbonyl (C=O) groups excluding carboxylic acids is 2. The summed E-state index contributed by atoms with van der Waals surface area (Å²) in [5, 5.41) is 5.78. The third-order valence-corrected chi connectivity index (χ3v) is 4.68. The number of hydrogen-bond donors (Lipinski definition) is 2. The minimum atomic E-state index is -0.194. The molecule has 1 fully saturated rings. The van der Waals surface area contributed by atoms with Gasteiger partial charge in [-0.05, 0) is 43.9 Å². The molecule has 0 aliphatic carbocycles. The number of amides is 2. The van der Waals surface area contributed by atoms with Crippen molar-refractivity contribution >= 4 is 17.5 Å². The highest BCUT2D eigenvalue weighted by Crippen LogP contribution is 2.17. The van der Waals surface area contributed by atoms with Gasteiger partial charge in [0.25, 0.3) is 5.91 Å². The lowest BCUT2D eigenvalue weighted by atomic mass is 10.1. The van der Waals surface area contributed by atoms with Gasteiger partial charge in [-0.1, -0.05) is 42.0 Å². The molecule has 0 saturated carbocycles. The summed E-state index contributed by atoms with van der Waals surface area (Å²) < 4.78 is 5.53. The summed E-state index contributed by atoms with van der Waals surface area (Å²) in [5.41, 5.74) is 3.32. The van der Waals surface area contributed by atoms with E-state index in [0.717, 1.165) is 25.0 Å². The molecule has 1 heterocycles. The lowest BCUT2D eigenvalue weighted by Gasteiger charge is -2.14. The average molecular weight is 366 g/mol. The van der Waals surface area contributed by atoms with Gasteiger partial charge in [-0.3, -0.25) is 9.59 Å². The molecule has 1 atom stereocenters. The zero-order valence-electron chi connectivity index (χ0n) is 15.7. The maximum absolute atomic E-state index is 12.5. The number of nitrogens with one attached hydrogen (secondary N) is 2. The highest BCUT2D eigenvalue weighted by Gasteiger charge is 2.18. The topological polar surface area (TPSA) is 67.4 Å². The molecule has 1 unspecified atom stereocenters. The molecule has 142 valence electrons. The molecule has 2 aromatic rings. The zero-order valence-corrected chi connectivity index (χ0v) is 15.7. The Morgan fingerprint density at radius 3 is 2.78 bits per heavy atom. The molecule has 27 heavy (non-hydrogen) atoms. The van der Waals surface area contributed by atoms with Gasteiger partial charge >= 0.3 is 0 Å². The van der Waals surface area contributed by atoms with Crippen LogP contribution in [0.2, 0.25) is 0 Å². The fourth-order valence-electron chi connectivity index (χ4n) is 3.24. The van der Waals surface area contributed by atoms with Crippen molar-refractivity contribution in [1.29, 1.82) is 0 Å². The normalized spacial score (nSPS) is 16.1. The summed E-state index contributed by atoms with van der Waals surface area (Å²) in [6.07, 6.45) is 3.13. The van der Waals surface area contributed by atoms with Crippen molar-refractivity contribution in [3.8, 4) is 0 Å². The van der Waals surface area contributed by atoms with Crippen LogP contribution >= 0.6 is 0 Å². The Bertz CT molecular complexity index is 798. The first-order valence-corrected chi connectivity index (χ1v) is 9.46. The van der Waals surface area contributed by atoms with Crippen molar-refractivity contribution in [2.45, 2.75) is 38.7 Å². The molecule has 1 aliphatic heterocycles. The van der Waals surface area contributed by atoms with Gasteiger partial charge in [-0.25, -0.2) is 0 Å². The molecule has 1 aliphatic rings. The Hall–Kier alpha value is -2.66. The molecule has 3 rings (SSSR count). The fourth-order valence-corrected chi connectivity index (χ4v) is 3.24. The molecule has 1 saturated heterocycles. The largest absolute Gasteiger partial charge is 0.376 e. The molecular weight excluding hydrogens is 340 g/mol. The number of rotatable bonds is 7. The molecule has 0 aromatic heterocycles. The van der Waals surface area contributed by atoms with Gasteiger partial charge in [0, 0.05) is 19.6 Å². The quantitative estimate of drug-likeness (QED) is 0.788. The number of para-hydroxylation sites is 1. The Morgan fingerprint density at radius 2 is 2.00 bits per heavy atom. The third kappa shape index (κ3) is 5.66. The van der Waals surface area contributed by atoms with E-state index < -0.39 is 0 Å². The van der Waals surface area contributed by atoms with Crippen molar-refractivity contribution in [2.75, 3.05) is 18.5 Å². The van der Waals surface area contributed by atoms with Gasteiger partial charge in [0.2, 0.25) is 5.91 Å². The van der Waals surface area contributed by atoms with Crippen molar-refractivity contribution < 1.29 is 14.3 Å². The number of hydrogen-bond acceptors (Lipinski definition) is 3. The average Bonchev–Trinajstić information content (AvgIpc) is 3.19. The first kappa shape index (κ1) is 19.1. The van der Waals surface area contributed by atoms with E-state index in [-0.39, 0.29) is 17.9 Å². The van der Waals surface area contributed by atoms with Crippen LogP contribution in [0.5, 0.6) is 0 Å². The van der Waals surface area contributed by atoms with Crippen LogP contribution in [-0.4, -0.2) is 31.1 Å². The van der Waals surface area contributed by atoms with Crippen LogP contribution in [0, 0.1) is 6.92 Å². The summed E-state index contributed by atoms with van der Waals surface area (Å²) in [7, 11) is 0. The Labute approximate surface area is 160 Å². The maximum atomic E-state index is 12.5. The van der Waals surface area contributed by atoms with E-state index in [2.05, 4.69) is 16.7 Å². The number of ether oxygens (including phenoxy) is 1. The maximum Gasteiger partial charge on any atom is 0.253 e. The number of aryl methyl sites for hydroxylation is 2. The van der Waals surface area contributed by atoms with Gasteiger partial charge in [-0.15, -0.1) is 0 Å². The molecule has 5 nitrogen and oxygen atoms in total. The van der Waals surface area contributed by atoms with Crippen molar-refractivity contribution in [3.63, 3.8) is 0 Å². The highest BCUT2D eigenvalue weighted by molar-refractivity contribution is 6.03. The Kier molecular flexibility index (Phi) is 6.60. The number of anilines is 1. The van der Waals surface area contributed by atoms with Crippen LogP contribution in [0.15, 0.2) is 48.5 Å². The van der Waals surface area contributed by atoms with E-state index in [1.165, 1.54) is 5.56 Å². The second-order valence-electron chi connectivity index (χ2n) is 6.93. The fraction of sp³-hybridized carbons (Fsp3) is 0.364. The molecule has 5 heteroatoms.